The first-order valence-electron chi connectivity index (χ1n) is 10.6. The van der Waals surface area contributed by atoms with Crippen LogP contribution in [0.4, 0.5) is 0 Å². The predicted octanol–water partition coefficient (Wildman–Crippen LogP) is 2.27. The van der Waals surface area contributed by atoms with Crippen LogP contribution in [0, 0.1) is 0 Å². The molecule has 3 heterocycles. The van der Waals surface area contributed by atoms with Crippen LogP contribution in [-0.2, 0) is 13.6 Å². The van der Waals surface area contributed by atoms with Gasteiger partial charge >= 0.3 is 5.69 Å². The summed E-state index contributed by atoms with van der Waals surface area (Å²) in [7, 11) is 1.74. The van der Waals surface area contributed by atoms with E-state index in [4.69, 9.17) is 0 Å². The maximum absolute atomic E-state index is 12.9. The highest BCUT2D eigenvalue weighted by atomic mass is 16.2. The number of nitrogens with zero attached hydrogens (tertiary/aromatic N) is 6. The van der Waals surface area contributed by atoms with E-state index in [2.05, 4.69) is 20.5 Å². The maximum Gasteiger partial charge on any atom is 0.346 e. The average Bonchev–Trinajstić information content (AvgIpc) is 3.50. The summed E-state index contributed by atoms with van der Waals surface area (Å²) in [6.07, 6.45) is 5.34. The first-order valence-corrected chi connectivity index (χ1v) is 10.6. The Morgan fingerprint density at radius 1 is 1.09 bits per heavy atom. The van der Waals surface area contributed by atoms with E-state index < -0.39 is 0 Å². The van der Waals surface area contributed by atoms with Gasteiger partial charge in [0.1, 0.15) is 5.69 Å². The molecule has 1 fully saturated rings. The lowest BCUT2D eigenvalue weighted by molar-refractivity contribution is 0.0942. The van der Waals surface area contributed by atoms with Crippen LogP contribution in [-0.4, -0.2) is 41.6 Å². The fourth-order valence-corrected chi connectivity index (χ4v) is 3.72. The van der Waals surface area contributed by atoms with Crippen molar-refractivity contribution < 1.29 is 4.79 Å². The van der Waals surface area contributed by atoms with Gasteiger partial charge < -0.3 is 5.32 Å². The van der Waals surface area contributed by atoms with Crippen LogP contribution in [0.1, 0.15) is 29.4 Å². The first-order chi connectivity index (χ1) is 15.6. The first kappa shape index (κ1) is 19.9. The molecule has 162 valence electrons. The number of amides is 1. The van der Waals surface area contributed by atoms with Gasteiger partial charge in [0, 0.05) is 43.2 Å². The average molecular weight is 429 g/mol. The molecule has 9 nitrogen and oxygen atoms in total. The van der Waals surface area contributed by atoms with Gasteiger partial charge in [-0.15, -0.1) is 5.10 Å². The Kier molecular flexibility index (Phi) is 5.14. The standard InChI is InChI=1S/C23H23N7O2/c1-28-20(14-19(26-28)16-6-3-2-4-7-16)22(31)25-12-13-29-23(32)30(18-9-10-18)21(27-29)17-8-5-11-24-15-17/h2-8,11,14-15,18H,9-10,12-13H2,1H3,(H,25,31). The summed E-state index contributed by atoms with van der Waals surface area (Å²) >= 11 is 0. The number of aryl methyl sites for hydroxylation is 1. The molecule has 1 amide bonds. The number of carbonyl (C=O) groups is 1. The van der Waals surface area contributed by atoms with E-state index >= 15 is 0 Å². The molecule has 0 radical (unpaired) electrons. The fourth-order valence-electron chi connectivity index (χ4n) is 3.72. The largest absolute Gasteiger partial charge is 0.349 e. The second-order valence-corrected chi connectivity index (χ2v) is 7.83. The van der Waals surface area contributed by atoms with E-state index in [-0.39, 0.29) is 30.7 Å². The number of nitrogens with one attached hydrogen (secondary N) is 1. The molecule has 1 aliphatic carbocycles. The van der Waals surface area contributed by atoms with Crippen molar-refractivity contribution in [3.8, 4) is 22.6 Å². The Balaban J connectivity index is 1.30. The van der Waals surface area contributed by atoms with Gasteiger partial charge in [-0.2, -0.15) is 5.10 Å². The van der Waals surface area contributed by atoms with E-state index in [1.807, 2.05) is 42.5 Å². The number of carbonyl (C=O) groups excluding carboxylic acids is 1. The van der Waals surface area contributed by atoms with Crippen molar-refractivity contribution in [2.75, 3.05) is 6.54 Å². The lowest BCUT2D eigenvalue weighted by Gasteiger charge is -2.04. The number of hydrogen-bond donors (Lipinski definition) is 1. The molecule has 0 bridgehead atoms. The second kappa shape index (κ2) is 8.26. The third-order valence-corrected chi connectivity index (χ3v) is 5.49. The summed E-state index contributed by atoms with van der Waals surface area (Å²) in [6, 6.07) is 15.4. The third kappa shape index (κ3) is 3.84. The van der Waals surface area contributed by atoms with Crippen LogP contribution in [0.15, 0.2) is 65.7 Å². The monoisotopic (exact) mass is 429 g/mol. The zero-order valence-electron chi connectivity index (χ0n) is 17.7. The number of benzene rings is 1. The molecule has 4 aromatic rings. The Labute approximate surface area is 184 Å². The second-order valence-electron chi connectivity index (χ2n) is 7.83. The highest BCUT2D eigenvalue weighted by Crippen LogP contribution is 2.36. The number of rotatable bonds is 7. The molecule has 3 aromatic heterocycles. The minimum Gasteiger partial charge on any atom is -0.349 e. The van der Waals surface area contributed by atoms with E-state index in [0.29, 0.717) is 11.5 Å². The molecule has 1 aromatic carbocycles. The number of hydrogen-bond acceptors (Lipinski definition) is 5. The van der Waals surface area contributed by atoms with Gasteiger partial charge in [-0.1, -0.05) is 30.3 Å². The molecule has 0 atom stereocenters. The Morgan fingerprint density at radius 2 is 1.88 bits per heavy atom. The molecule has 1 N–H and O–H groups in total. The number of pyridine rings is 1. The minimum atomic E-state index is -0.246. The smallest absolute Gasteiger partial charge is 0.346 e. The van der Waals surface area contributed by atoms with Crippen LogP contribution < -0.4 is 11.0 Å². The molecule has 1 saturated carbocycles. The van der Waals surface area contributed by atoms with Gasteiger partial charge in [0.15, 0.2) is 5.82 Å². The minimum absolute atomic E-state index is 0.160. The van der Waals surface area contributed by atoms with E-state index in [1.54, 1.807) is 34.8 Å². The van der Waals surface area contributed by atoms with Crippen molar-refractivity contribution >= 4 is 5.91 Å². The van der Waals surface area contributed by atoms with Crippen LogP contribution in [0.2, 0.25) is 0 Å². The van der Waals surface area contributed by atoms with Crippen molar-refractivity contribution in [3.63, 3.8) is 0 Å². The van der Waals surface area contributed by atoms with Gasteiger partial charge in [0.25, 0.3) is 5.91 Å². The normalized spacial score (nSPS) is 13.3. The van der Waals surface area contributed by atoms with E-state index in [1.165, 1.54) is 4.68 Å². The highest BCUT2D eigenvalue weighted by molar-refractivity contribution is 5.93. The highest BCUT2D eigenvalue weighted by Gasteiger charge is 2.30. The summed E-state index contributed by atoms with van der Waals surface area (Å²) < 4.78 is 4.72. The molecule has 0 saturated heterocycles. The van der Waals surface area contributed by atoms with Crippen molar-refractivity contribution in [1.29, 1.82) is 0 Å². The summed E-state index contributed by atoms with van der Waals surface area (Å²) in [6.45, 7) is 0.555. The topological polar surface area (TPSA) is 99.6 Å². The third-order valence-electron chi connectivity index (χ3n) is 5.49. The molecule has 9 heteroatoms. The van der Waals surface area contributed by atoms with Crippen molar-refractivity contribution in [2.24, 2.45) is 7.05 Å². The molecule has 32 heavy (non-hydrogen) atoms. The van der Waals surface area contributed by atoms with Gasteiger partial charge in [-0.05, 0) is 31.0 Å². The zero-order chi connectivity index (χ0) is 22.1. The number of aromatic nitrogens is 6. The van der Waals surface area contributed by atoms with Crippen molar-refractivity contribution in [3.05, 3.63) is 77.1 Å². The van der Waals surface area contributed by atoms with Gasteiger partial charge in [-0.25, -0.2) is 9.48 Å². The zero-order valence-corrected chi connectivity index (χ0v) is 17.7. The molecule has 5 rings (SSSR count). The molecule has 0 unspecified atom stereocenters. The lowest BCUT2D eigenvalue weighted by Crippen LogP contribution is -2.32. The summed E-state index contributed by atoms with van der Waals surface area (Å²) in [5, 5.41) is 11.8. The van der Waals surface area contributed by atoms with Crippen LogP contribution in [0.25, 0.3) is 22.6 Å². The Hall–Kier alpha value is -4.01. The maximum atomic E-state index is 12.9. The van der Waals surface area contributed by atoms with Crippen LogP contribution >= 0.6 is 0 Å². The molecule has 0 aliphatic heterocycles. The molecular formula is C23H23N7O2. The fraction of sp³-hybridized carbons (Fsp3) is 0.261. The Bertz CT molecular complexity index is 1300. The summed E-state index contributed by atoms with van der Waals surface area (Å²) in [5.41, 5.74) is 2.78. The van der Waals surface area contributed by atoms with Crippen molar-refractivity contribution in [2.45, 2.75) is 25.4 Å². The van der Waals surface area contributed by atoms with Crippen molar-refractivity contribution in [1.82, 2.24) is 34.4 Å². The molecule has 0 spiro atoms. The van der Waals surface area contributed by atoms with Crippen LogP contribution in [0.5, 0.6) is 0 Å². The van der Waals surface area contributed by atoms with E-state index in [0.717, 1.165) is 29.7 Å². The predicted molar refractivity (Wildman–Crippen MR) is 119 cm³/mol. The summed E-state index contributed by atoms with van der Waals surface area (Å²) in [4.78, 5) is 29.8. The van der Waals surface area contributed by atoms with Gasteiger partial charge in [0.05, 0.1) is 12.2 Å². The van der Waals surface area contributed by atoms with Crippen LogP contribution in [0.3, 0.4) is 0 Å². The van der Waals surface area contributed by atoms with Gasteiger partial charge in [0.2, 0.25) is 0 Å². The lowest BCUT2D eigenvalue weighted by atomic mass is 10.1. The van der Waals surface area contributed by atoms with Gasteiger partial charge in [-0.3, -0.25) is 19.0 Å². The Morgan fingerprint density at radius 3 is 2.59 bits per heavy atom. The molecule has 1 aliphatic rings. The molecular weight excluding hydrogens is 406 g/mol. The quantitative estimate of drug-likeness (QED) is 0.486. The SMILES string of the molecule is Cn1nc(-c2ccccc2)cc1C(=O)NCCn1nc(-c2cccnc2)n(C2CC2)c1=O. The summed E-state index contributed by atoms with van der Waals surface area (Å²) in [5.74, 6) is 0.375. The van der Waals surface area contributed by atoms with E-state index in [9.17, 15) is 9.59 Å².